The number of carbonyl (C=O) groups excluding carboxylic acids is 1. The first-order valence-electron chi connectivity index (χ1n) is 6.24. The molecule has 1 heterocycles. The van der Waals surface area contributed by atoms with E-state index in [1.807, 2.05) is 0 Å². The average Bonchev–Trinajstić information content (AvgIpc) is 3.13. The molecule has 8 nitrogen and oxygen atoms in total. The Labute approximate surface area is 118 Å². The van der Waals surface area contributed by atoms with E-state index in [9.17, 15) is 21.6 Å². The highest BCUT2D eigenvalue weighted by Gasteiger charge is 2.54. The highest BCUT2D eigenvalue weighted by Crippen LogP contribution is 2.48. The van der Waals surface area contributed by atoms with Crippen LogP contribution in [0.3, 0.4) is 0 Å². The van der Waals surface area contributed by atoms with Crippen molar-refractivity contribution in [2.45, 2.75) is 12.8 Å². The third kappa shape index (κ3) is 3.30. The van der Waals surface area contributed by atoms with Crippen LogP contribution >= 0.6 is 0 Å². The summed E-state index contributed by atoms with van der Waals surface area (Å²) in [6.45, 7) is 0.0422. The van der Waals surface area contributed by atoms with Gasteiger partial charge in [0.05, 0.1) is 24.0 Å². The molecule has 116 valence electrons. The second-order valence-electron chi connectivity index (χ2n) is 5.14. The molecule has 1 saturated heterocycles. The van der Waals surface area contributed by atoms with Crippen LogP contribution in [0.15, 0.2) is 0 Å². The quantitative estimate of drug-likeness (QED) is 0.630. The number of nitrogens with one attached hydrogen (secondary N) is 1. The first-order chi connectivity index (χ1) is 9.21. The van der Waals surface area contributed by atoms with Gasteiger partial charge in [-0.3, -0.25) is 4.79 Å². The van der Waals surface area contributed by atoms with Gasteiger partial charge in [0.15, 0.2) is 0 Å². The molecule has 20 heavy (non-hydrogen) atoms. The van der Waals surface area contributed by atoms with E-state index < -0.39 is 31.4 Å². The summed E-state index contributed by atoms with van der Waals surface area (Å²) in [6, 6.07) is 0. The van der Waals surface area contributed by atoms with Crippen molar-refractivity contribution in [1.29, 1.82) is 0 Å². The summed E-state index contributed by atoms with van der Waals surface area (Å²) >= 11 is 0. The number of rotatable bonds is 4. The second kappa shape index (κ2) is 5.24. The van der Waals surface area contributed by atoms with E-state index in [1.54, 1.807) is 0 Å². The highest BCUT2D eigenvalue weighted by atomic mass is 32.2. The Bertz CT molecular complexity index is 593. The van der Waals surface area contributed by atoms with Gasteiger partial charge in [0.2, 0.25) is 20.0 Å². The molecule has 0 radical (unpaired) electrons. The molecule has 0 atom stereocenters. The van der Waals surface area contributed by atoms with Crippen LogP contribution in [0.5, 0.6) is 0 Å². The fraction of sp³-hybridized carbons (Fsp3) is 0.900. The topological polar surface area (TPSA) is 110 Å². The molecular weight excluding hydrogens is 308 g/mol. The lowest BCUT2D eigenvalue weighted by atomic mass is 10.1. The highest BCUT2D eigenvalue weighted by molar-refractivity contribution is 7.90. The van der Waals surface area contributed by atoms with Crippen LogP contribution in [-0.4, -0.2) is 65.4 Å². The Hall–Kier alpha value is -0.710. The van der Waals surface area contributed by atoms with Crippen LogP contribution in [0.4, 0.5) is 0 Å². The predicted molar refractivity (Wildman–Crippen MR) is 70.8 cm³/mol. The minimum absolute atomic E-state index is 0.0484. The number of ether oxygens (including phenoxy) is 1. The van der Waals surface area contributed by atoms with Gasteiger partial charge in [0.25, 0.3) is 0 Å². The van der Waals surface area contributed by atoms with Crippen LogP contribution in [0.25, 0.3) is 0 Å². The Morgan fingerprint density at radius 2 is 2.00 bits per heavy atom. The van der Waals surface area contributed by atoms with Crippen LogP contribution in [0.2, 0.25) is 0 Å². The maximum absolute atomic E-state index is 12.3. The summed E-state index contributed by atoms with van der Waals surface area (Å²) in [6.07, 6.45) is 0.979. The van der Waals surface area contributed by atoms with Gasteiger partial charge < -0.3 is 4.74 Å². The molecule has 1 aliphatic carbocycles. The number of methoxy groups -OCH3 is 1. The molecule has 0 unspecified atom stereocenters. The summed E-state index contributed by atoms with van der Waals surface area (Å²) in [4.78, 5) is 11.6. The molecular formula is C10H18N2O6S2. The maximum Gasteiger partial charge on any atom is 0.312 e. The molecule has 1 saturated carbocycles. The largest absolute Gasteiger partial charge is 0.469 e. The van der Waals surface area contributed by atoms with Gasteiger partial charge in [-0.1, -0.05) is 0 Å². The SMILES string of the molecule is COC(=O)C1(CS(=O)(=O)N2CCNS(=O)(=O)CC2)CC1. The summed E-state index contributed by atoms with van der Waals surface area (Å²) in [5.41, 5.74) is -0.938. The van der Waals surface area contributed by atoms with Gasteiger partial charge >= 0.3 is 5.97 Å². The van der Waals surface area contributed by atoms with E-state index in [2.05, 4.69) is 9.46 Å². The van der Waals surface area contributed by atoms with Crippen LogP contribution in [-0.2, 0) is 29.6 Å². The van der Waals surface area contributed by atoms with Crippen LogP contribution in [0, 0.1) is 5.41 Å². The summed E-state index contributed by atoms with van der Waals surface area (Å²) in [5.74, 6) is -1.09. The van der Waals surface area contributed by atoms with Crippen molar-refractivity contribution in [3.63, 3.8) is 0 Å². The normalized spacial score (nSPS) is 25.6. The maximum atomic E-state index is 12.3. The van der Waals surface area contributed by atoms with Crippen LogP contribution < -0.4 is 4.72 Å². The van der Waals surface area contributed by atoms with E-state index in [1.165, 1.54) is 7.11 Å². The fourth-order valence-corrected chi connectivity index (χ4v) is 5.37. The van der Waals surface area contributed by atoms with E-state index in [4.69, 9.17) is 0 Å². The minimum atomic E-state index is -3.68. The van der Waals surface area contributed by atoms with Crippen molar-refractivity contribution in [2.75, 3.05) is 38.2 Å². The number of hydrogen-bond donors (Lipinski definition) is 1. The number of carbonyl (C=O) groups is 1. The zero-order valence-corrected chi connectivity index (χ0v) is 12.8. The summed E-state index contributed by atoms with van der Waals surface area (Å²) < 4.78 is 55.5. The Morgan fingerprint density at radius 1 is 1.35 bits per heavy atom. The van der Waals surface area contributed by atoms with Gasteiger partial charge in [-0.25, -0.2) is 21.6 Å². The van der Waals surface area contributed by atoms with Gasteiger partial charge in [-0.15, -0.1) is 0 Å². The van der Waals surface area contributed by atoms with E-state index in [0.29, 0.717) is 12.8 Å². The van der Waals surface area contributed by atoms with Crippen molar-refractivity contribution in [3.8, 4) is 0 Å². The molecule has 2 rings (SSSR count). The predicted octanol–water partition coefficient (Wildman–Crippen LogP) is -1.50. The molecule has 1 N–H and O–H groups in total. The number of nitrogens with zero attached hydrogens (tertiary/aromatic N) is 1. The lowest BCUT2D eigenvalue weighted by Crippen LogP contribution is -2.40. The third-order valence-electron chi connectivity index (χ3n) is 3.62. The van der Waals surface area contributed by atoms with Crippen molar-refractivity contribution >= 4 is 26.0 Å². The number of sulfonamides is 2. The molecule has 0 spiro atoms. The molecule has 10 heteroatoms. The monoisotopic (exact) mass is 326 g/mol. The molecule has 1 aliphatic heterocycles. The molecule has 0 aromatic heterocycles. The number of hydrogen-bond acceptors (Lipinski definition) is 6. The minimum Gasteiger partial charge on any atom is -0.469 e. The standard InChI is InChI=1S/C10H18N2O6S2/c1-18-9(13)10(2-3-10)8-20(16,17)12-5-4-11-19(14,15)7-6-12/h11H,2-8H2,1H3. The first-order valence-corrected chi connectivity index (χ1v) is 9.51. The van der Waals surface area contributed by atoms with Crippen molar-refractivity contribution < 1.29 is 26.4 Å². The molecule has 0 amide bonds. The van der Waals surface area contributed by atoms with Gasteiger partial charge in [-0.05, 0) is 12.8 Å². The van der Waals surface area contributed by atoms with E-state index in [-0.39, 0.29) is 31.1 Å². The van der Waals surface area contributed by atoms with Crippen LogP contribution in [0.1, 0.15) is 12.8 Å². The van der Waals surface area contributed by atoms with E-state index in [0.717, 1.165) is 4.31 Å². The molecule has 2 fully saturated rings. The Morgan fingerprint density at radius 3 is 2.55 bits per heavy atom. The lowest BCUT2D eigenvalue weighted by molar-refractivity contribution is -0.146. The van der Waals surface area contributed by atoms with Gasteiger partial charge in [-0.2, -0.15) is 4.31 Å². The summed E-state index contributed by atoms with van der Waals surface area (Å²) in [5, 5.41) is 0. The third-order valence-corrected chi connectivity index (χ3v) is 7.05. The van der Waals surface area contributed by atoms with Gasteiger partial charge in [0, 0.05) is 19.6 Å². The molecule has 0 aromatic carbocycles. The summed E-state index contributed by atoms with van der Waals surface area (Å²) in [7, 11) is -5.85. The smallest absolute Gasteiger partial charge is 0.312 e. The Kier molecular flexibility index (Phi) is 4.11. The van der Waals surface area contributed by atoms with Crippen molar-refractivity contribution in [1.82, 2.24) is 9.03 Å². The fourth-order valence-electron chi connectivity index (χ4n) is 2.23. The lowest BCUT2D eigenvalue weighted by Gasteiger charge is -2.21. The number of esters is 1. The molecule has 0 aromatic rings. The van der Waals surface area contributed by atoms with Crippen molar-refractivity contribution in [3.05, 3.63) is 0 Å². The molecule has 2 aliphatic rings. The zero-order valence-electron chi connectivity index (χ0n) is 11.2. The average molecular weight is 326 g/mol. The molecule has 0 bridgehead atoms. The zero-order chi connectivity index (χ0) is 15.0. The van der Waals surface area contributed by atoms with E-state index >= 15 is 0 Å². The van der Waals surface area contributed by atoms with Crippen molar-refractivity contribution in [2.24, 2.45) is 5.41 Å². The first kappa shape index (κ1) is 15.7. The second-order valence-corrected chi connectivity index (χ2v) is 9.04. The Balaban J connectivity index is 2.09. The van der Waals surface area contributed by atoms with Gasteiger partial charge in [0.1, 0.15) is 0 Å².